The molecule has 0 unspecified atom stereocenters. The van der Waals surface area contributed by atoms with Crippen LogP contribution in [0.3, 0.4) is 0 Å². The largest absolute Gasteiger partial charge is 0.360 e. The minimum atomic E-state index is 0.684. The van der Waals surface area contributed by atoms with Crippen LogP contribution in [0.15, 0.2) is 12.2 Å². The monoisotopic (exact) mass is 182 g/mol. The Morgan fingerprint density at radius 1 is 1.42 bits per heavy atom. The quantitative estimate of drug-likeness (QED) is 0.486. The zero-order valence-electron chi connectivity index (χ0n) is 7.12. The second-order valence-electron chi connectivity index (χ2n) is 3.43. The molecule has 12 heavy (non-hydrogen) atoms. The van der Waals surface area contributed by atoms with Gasteiger partial charge in [0.25, 0.3) is 0 Å². The second-order valence-corrected chi connectivity index (χ2v) is 3.82. The highest BCUT2D eigenvalue weighted by Crippen LogP contribution is 2.19. The first-order chi connectivity index (χ1) is 5.86. The van der Waals surface area contributed by atoms with E-state index in [1.165, 1.54) is 12.8 Å². The number of thiocarbonyl (C=S) groups is 1. The highest BCUT2D eigenvalue weighted by molar-refractivity contribution is 7.80. The van der Waals surface area contributed by atoms with Crippen molar-refractivity contribution in [1.29, 1.82) is 0 Å². The maximum Gasteiger partial charge on any atom is 0.169 e. The molecule has 3 heteroatoms. The average Bonchev–Trinajstić information content (AvgIpc) is 2.90. The molecule has 0 aromatic heterocycles. The first-order valence-electron chi connectivity index (χ1n) is 4.57. The summed E-state index contributed by atoms with van der Waals surface area (Å²) in [5.41, 5.74) is 0. The van der Waals surface area contributed by atoms with Crippen molar-refractivity contribution < 1.29 is 0 Å². The van der Waals surface area contributed by atoms with Crippen molar-refractivity contribution in [3.8, 4) is 0 Å². The summed E-state index contributed by atoms with van der Waals surface area (Å²) in [6.07, 6.45) is 8.13. The van der Waals surface area contributed by atoms with E-state index in [9.17, 15) is 0 Å². The number of nitrogens with zero attached hydrogens (tertiary/aromatic N) is 1. The molecule has 0 aromatic carbocycles. The molecule has 1 aliphatic carbocycles. The van der Waals surface area contributed by atoms with Crippen LogP contribution in [-0.2, 0) is 0 Å². The van der Waals surface area contributed by atoms with Gasteiger partial charge in [-0.2, -0.15) is 0 Å². The number of nitrogens with one attached hydrogen (secondary N) is 1. The molecule has 2 aliphatic rings. The van der Waals surface area contributed by atoms with Crippen LogP contribution in [0, 0.1) is 0 Å². The van der Waals surface area contributed by atoms with Crippen LogP contribution in [-0.4, -0.2) is 29.1 Å². The lowest BCUT2D eigenvalue weighted by molar-refractivity contribution is 0.445. The molecule has 1 saturated carbocycles. The van der Waals surface area contributed by atoms with Crippen molar-refractivity contribution in [1.82, 2.24) is 10.2 Å². The number of rotatable bonds is 1. The van der Waals surface area contributed by atoms with Crippen molar-refractivity contribution in [3.05, 3.63) is 12.2 Å². The summed E-state index contributed by atoms with van der Waals surface area (Å²) in [5.74, 6) is 0. The van der Waals surface area contributed by atoms with Gasteiger partial charge in [-0.05, 0) is 31.5 Å². The highest BCUT2D eigenvalue weighted by Gasteiger charge is 2.23. The van der Waals surface area contributed by atoms with E-state index in [0.717, 1.165) is 24.6 Å². The van der Waals surface area contributed by atoms with E-state index < -0.39 is 0 Å². The minimum Gasteiger partial charge on any atom is -0.360 e. The summed E-state index contributed by atoms with van der Waals surface area (Å²) in [4.78, 5) is 2.23. The van der Waals surface area contributed by atoms with E-state index in [2.05, 4.69) is 22.4 Å². The summed E-state index contributed by atoms with van der Waals surface area (Å²) in [5, 5.41) is 4.29. The van der Waals surface area contributed by atoms with Crippen LogP contribution in [0.25, 0.3) is 0 Å². The fourth-order valence-electron chi connectivity index (χ4n) is 1.32. The Morgan fingerprint density at radius 2 is 2.25 bits per heavy atom. The minimum absolute atomic E-state index is 0.684. The molecular weight excluding hydrogens is 168 g/mol. The van der Waals surface area contributed by atoms with Crippen molar-refractivity contribution in [2.24, 2.45) is 0 Å². The Labute approximate surface area is 78.6 Å². The maximum absolute atomic E-state index is 5.27. The molecule has 0 bridgehead atoms. The van der Waals surface area contributed by atoms with E-state index in [0.29, 0.717) is 6.04 Å². The molecule has 0 radical (unpaired) electrons. The van der Waals surface area contributed by atoms with Gasteiger partial charge < -0.3 is 10.2 Å². The SMILES string of the molecule is S=C(NC1CC1)N1CC=CCC1. The van der Waals surface area contributed by atoms with Crippen molar-refractivity contribution in [2.75, 3.05) is 13.1 Å². The van der Waals surface area contributed by atoms with Crippen LogP contribution < -0.4 is 5.32 Å². The standard InChI is InChI=1S/C9H14N2S/c12-9(10-8-4-5-8)11-6-2-1-3-7-11/h1-2,8H,3-7H2,(H,10,12). The molecule has 2 rings (SSSR count). The lowest BCUT2D eigenvalue weighted by Crippen LogP contribution is -2.42. The molecule has 0 spiro atoms. The van der Waals surface area contributed by atoms with Gasteiger partial charge in [-0.25, -0.2) is 0 Å². The van der Waals surface area contributed by atoms with Gasteiger partial charge in [-0.3, -0.25) is 0 Å². The lowest BCUT2D eigenvalue weighted by Gasteiger charge is -2.26. The van der Waals surface area contributed by atoms with Gasteiger partial charge >= 0.3 is 0 Å². The van der Waals surface area contributed by atoms with Crippen LogP contribution in [0.1, 0.15) is 19.3 Å². The maximum atomic E-state index is 5.27. The first-order valence-corrected chi connectivity index (χ1v) is 4.97. The van der Waals surface area contributed by atoms with Gasteiger partial charge in [-0.1, -0.05) is 12.2 Å². The molecule has 0 aromatic rings. The Kier molecular flexibility index (Phi) is 2.30. The third-order valence-corrected chi connectivity index (χ3v) is 2.63. The van der Waals surface area contributed by atoms with Crippen LogP contribution >= 0.6 is 12.2 Å². The summed E-state index contributed by atoms with van der Waals surface area (Å²) >= 11 is 5.27. The predicted molar refractivity (Wildman–Crippen MR) is 54.1 cm³/mol. The number of hydrogen-bond acceptors (Lipinski definition) is 1. The molecule has 1 fully saturated rings. The van der Waals surface area contributed by atoms with E-state index in [1.54, 1.807) is 0 Å². The van der Waals surface area contributed by atoms with Gasteiger partial charge in [-0.15, -0.1) is 0 Å². The Bertz CT molecular complexity index is 209. The third kappa shape index (κ3) is 1.97. The van der Waals surface area contributed by atoms with Gasteiger partial charge in [0, 0.05) is 19.1 Å². The zero-order chi connectivity index (χ0) is 8.39. The fourth-order valence-corrected chi connectivity index (χ4v) is 1.65. The van der Waals surface area contributed by atoms with Crippen LogP contribution in [0.4, 0.5) is 0 Å². The molecule has 66 valence electrons. The van der Waals surface area contributed by atoms with Crippen LogP contribution in [0.5, 0.6) is 0 Å². The molecule has 1 heterocycles. The summed E-state index contributed by atoms with van der Waals surface area (Å²) in [6, 6.07) is 0.684. The molecular formula is C9H14N2S. The first kappa shape index (κ1) is 8.05. The molecule has 0 saturated heterocycles. The molecule has 0 atom stereocenters. The van der Waals surface area contributed by atoms with E-state index in [4.69, 9.17) is 12.2 Å². The third-order valence-electron chi connectivity index (χ3n) is 2.25. The van der Waals surface area contributed by atoms with E-state index in [1.807, 2.05) is 0 Å². The molecule has 2 nitrogen and oxygen atoms in total. The van der Waals surface area contributed by atoms with Gasteiger partial charge in [0.15, 0.2) is 5.11 Å². The zero-order valence-corrected chi connectivity index (χ0v) is 7.94. The van der Waals surface area contributed by atoms with Crippen molar-refractivity contribution >= 4 is 17.3 Å². The normalized spacial score (nSPS) is 22.5. The van der Waals surface area contributed by atoms with E-state index >= 15 is 0 Å². The Balaban J connectivity index is 1.81. The summed E-state index contributed by atoms with van der Waals surface area (Å²) < 4.78 is 0. The lowest BCUT2D eigenvalue weighted by atomic mass is 10.3. The van der Waals surface area contributed by atoms with Gasteiger partial charge in [0.2, 0.25) is 0 Å². The van der Waals surface area contributed by atoms with Gasteiger partial charge in [0.1, 0.15) is 0 Å². The number of hydrogen-bond donors (Lipinski definition) is 1. The summed E-state index contributed by atoms with van der Waals surface area (Å²) in [7, 11) is 0. The summed E-state index contributed by atoms with van der Waals surface area (Å²) in [6.45, 7) is 2.06. The van der Waals surface area contributed by atoms with Crippen molar-refractivity contribution in [3.63, 3.8) is 0 Å². The predicted octanol–water partition coefficient (Wildman–Crippen LogP) is 1.29. The molecule has 1 N–H and O–H groups in total. The fraction of sp³-hybridized carbons (Fsp3) is 0.667. The Hall–Kier alpha value is -0.570. The topological polar surface area (TPSA) is 15.3 Å². The second kappa shape index (κ2) is 3.44. The van der Waals surface area contributed by atoms with Crippen LogP contribution in [0.2, 0.25) is 0 Å². The van der Waals surface area contributed by atoms with E-state index in [-0.39, 0.29) is 0 Å². The average molecular weight is 182 g/mol. The molecule has 0 amide bonds. The molecule has 1 aliphatic heterocycles. The van der Waals surface area contributed by atoms with Crippen molar-refractivity contribution in [2.45, 2.75) is 25.3 Å². The van der Waals surface area contributed by atoms with Gasteiger partial charge in [0.05, 0.1) is 0 Å². The Morgan fingerprint density at radius 3 is 2.83 bits per heavy atom. The highest BCUT2D eigenvalue weighted by atomic mass is 32.1. The smallest absolute Gasteiger partial charge is 0.169 e.